The first kappa shape index (κ1) is 6.54. The van der Waals surface area contributed by atoms with Gasteiger partial charge in [-0.2, -0.15) is 0 Å². The van der Waals surface area contributed by atoms with Gasteiger partial charge in [-0.15, -0.1) is 0 Å². The Balaban J connectivity index is 3.22. The Morgan fingerprint density at radius 3 is 1.10 bits per heavy atom. The maximum Gasteiger partial charge on any atom is 0.0809 e. The number of nitrogens with two attached hydrogens (primary N) is 4. The highest BCUT2D eigenvalue weighted by atomic mass is 14.8. The maximum atomic E-state index is 5.46. The van der Waals surface area contributed by atoms with Gasteiger partial charge in [0.15, 0.2) is 0 Å². The standard InChI is InChI=1S/C6H10N4/c1-2-3(7)5(9)6(10)4(2)8/h1,7-10H2. The third-order valence-corrected chi connectivity index (χ3v) is 1.52. The van der Waals surface area contributed by atoms with Crippen molar-refractivity contribution in [3.63, 3.8) is 0 Å². The molecule has 4 heteroatoms. The second-order valence-electron chi connectivity index (χ2n) is 2.13. The molecule has 1 aliphatic rings. The van der Waals surface area contributed by atoms with Crippen LogP contribution in [0, 0.1) is 0 Å². The predicted molar refractivity (Wildman–Crippen MR) is 39.9 cm³/mol. The molecular weight excluding hydrogens is 128 g/mol. The largest absolute Gasteiger partial charge is 0.396 e. The van der Waals surface area contributed by atoms with Crippen molar-refractivity contribution in [1.29, 1.82) is 0 Å². The van der Waals surface area contributed by atoms with Crippen LogP contribution in [0.3, 0.4) is 0 Å². The average Bonchev–Trinajstić information content (AvgIpc) is 2.07. The molecule has 54 valence electrons. The molecule has 8 N–H and O–H groups in total. The Kier molecular flexibility index (Phi) is 1.11. The van der Waals surface area contributed by atoms with Gasteiger partial charge >= 0.3 is 0 Å². The Morgan fingerprint density at radius 1 is 0.700 bits per heavy atom. The van der Waals surface area contributed by atoms with E-state index < -0.39 is 0 Å². The third kappa shape index (κ3) is 0.556. The summed E-state index contributed by atoms with van der Waals surface area (Å²) in [5.74, 6) is 0. The van der Waals surface area contributed by atoms with Crippen LogP contribution in [0.5, 0.6) is 0 Å². The second-order valence-corrected chi connectivity index (χ2v) is 2.13. The van der Waals surface area contributed by atoms with Gasteiger partial charge in [0.05, 0.1) is 22.8 Å². The van der Waals surface area contributed by atoms with Gasteiger partial charge in [0, 0.05) is 5.57 Å². The van der Waals surface area contributed by atoms with Crippen molar-refractivity contribution in [1.82, 2.24) is 0 Å². The van der Waals surface area contributed by atoms with Crippen LogP contribution in [0.1, 0.15) is 0 Å². The van der Waals surface area contributed by atoms with Crippen LogP contribution in [0.4, 0.5) is 0 Å². The van der Waals surface area contributed by atoms with Crippen molar-refractivity contribution < 1.29 is 0 Å². The van der Waals surface area contributed by atoms with Crippen LogP contribution >= 0.6 is 0 Å². The topological polar surface area (TPSA) is 104 Å². The maximum absolute atomic E-state index is 5.46. The van der Waals surface area contributed by atoms with Crippen molar-refractivity contribution >= 4 is 0 Å². The van der Waals surface area contributed by atoms with Gasteiger partial charge in [-0.3, -0.25) is 0 Å². The molecule has 10 heavy (non-hydrogen) atoms. The van der Waals surface area contributed by atoms with E-state index in [0.29, 0.717) is 28.4 Å². The van der Waals surface area contributed by atoms with Crippen LogP contribution in [-0.2, 0) is 0 Å². The molecule has 0 saturated carbocycles. The van der Waals surface area contributed by atoms with Crippen LogP contribution in [0.2, 0.25) is 0 Å². The second kappa shape index (κ2) is 1.70. The SMILES string of the molecule is C=C1C(N)=C(N)C(N)=C1N. The van der Waals surface area contributed by atoms with E-state index in [1.54, 1.807) is 0 Å². The lowest BCUT2D eigenvalue weighted by Crippen LogP contribution is -2.12. The summed E-state index contributed by atoms with van der Waals surface area (Å²) in [4.78, 5) is 0. The number of hydrogen-bond donors (Lipinski definition) is 4. The van der Waals surface area contributed by atoms with E-state index in [0.717, 1.165) is 0 Å². The lowest BCUT2D eigenvalue weighted by Gasteiger charge is -1.96. The van der Waals surface area contributed by atoms with Gasteiger partial charge < -0.3 is 22.9 Å². The quantitative estimate of drug-likeness (QED) is 0.338. The summed E-state index contributed by atoms with van der Waals surface area (Å²) in [6, 6.07) is 0. The molecule has 0 aromatic rings. The van der Waals surface area contributed by atoms with Gasteiger partial charge in [-0.05, 0) is 0 Å². The van der Waals surface area contributed by atoms with E-state index in [1.165, 1.54) is 0 Å². The molecule has 0 aromatic heterocycles. The average molecular weight is 138 g/mol. The normalized spacial score (nSPS) is 19.0. The van der Waals surface area contributed by atoms with E-state index in [-0.39, 0.29) is 0 Å². The highest BCUT2D eigenvalue weighted by molar-refractivity contribution is 5.58. The fourth-order valence-corrected chi connectivity index (χ4v) is 0.760. The first-order chi connectivity index (χ1) is 4.55. The van der Waals surface area contributed by atoms with Crippen molar-refractivity contribution in [2.45, 2.75) is 0 Å². The fraction of sp³-hybridized carbons (Fsp3) is 0. The Bertz CT molecular complexity index is 233. The molecule has 0 saturated heterocycles. The fourth-order valence-electron chi connectivity index (χ4n) is 0.760. The molecule has 0 radical (unpaired) electrons. The summed E-state index contributed by atoms with van der Waals surface area (Å²) in [6.07, 6.45) is 0. The van der Waals surface area contributed by atoms with Crippen LogP contribution in [0.15, 0.2) is 34.9 Å². The minimum absolute atomic E-state index is 0.336. The van der Waals surface area contributed by atoms with E-state index in [4.69, 9.17) is 22.9 Å². The molecule has 0 bridgehead atoms. The zero-order valence-electron chi connectivity index (χ0n) is 5.52. The molecule has 0 aliphatic heterocycles. The molecule has 0 amide bonds. The molecule has 0 fully saturated rings. The Morgan fingerprint density at radius 2 is 1.00 bits per heavy atom. The van der Waals surface area contributed by atoms with Crippen molar-refractivity contribution in [2.24, 2.45) is 22.9 Å². The van der Waals surface area contributed by atoms with E-state index >= 15 is 0 Å². The summed E-state index contributed by atoms with van der Waals surface area (Å²) in [6.45, 7) is 3.59. The van der Waals surface area contributed by atoms with Gasteiger partial charge in [-0.1, -0.05) is 6.58 Å². The lowest BCUT2D eigenvalue weighted by molar-refractivity contribution is 1.20. The number of hydrogen-bond acceptors (Lipinski definition) is 4. The van der Waals surface area contributed by atoms with Gasteiger partial charge in [-0.25, -0.2) is 0 Å². The van der Waals surface area contributed by atoms with Gasteiger partial charge in [0.1, 0.15) is 0 Å². The zero-order chi connectivity index (χ0) is 7.89. The van der Waals surface area contributed by atoms with E-state index in [9.17, 15) is 0 Å². The summed E-state index contributed by atoms with van der Waals surface area (Å²) in [7, 11) is 0. The molecule has 0 heterocycles. The third-order valence-electron chi connectivity index (χ3n) is 1.52. The minimum atomic E-state index is 0.336. The first-order valence-corrected chi connectivity index (χ1v) is 2.76. The highest BCUT2D eigenvalue weighted by Gasteiger charge is 2.19. The summed E-state index contributed by atoms with van der Waals surface area (Å²) < 4.78 is 0. The molecular formula is C6H10N4. The summed E-state index contributed by atoms with van der Waals surface area (Å²) in [5, 5.41) is 0. The molecule has 0 atom stereocenters. The van der Waals surface area contributed by atoms with E-state index in [1.807, 2.05) is 0 Å². The summed E-state index contributed by atoms with van der Waals surface area (Å²) >= 11 is 0. The van der Waals surface area contributed by atoms with Gasteiger partial charge in [0.2, 0.25) is 0 Å². The monoisotopic (exact) mass is 138 g/mol. The first-order valence-electron chi connectivity index (χ1n) is 2.76. The molecule has 1 aliphatic carbocycles. The smallest absolute Gasteiger partial charge is 0.0809 e. The minimum Gasteiger partial charge on any atom is -0.396 e. The van der Waals surface area contributed by atoms with Gasteiger partial charge in [0.25, 0.3) is 0 Å². The van der Waals surface area contributed by atoms with Crippen molar-refractivity contribution in [2.75, 3.05) is 0 Å². The molecule has 1 rings (SSSR count). The van der Waals surface area contributed by atoms with Crippen LogP contribution in [0.25, 0.3) is 0 Å². The highest BCUT2D eigenvalue weighted by Crippen LogP contribution is 2.23. The Hall–Kier alpha value is -1.58. The van der Waals surface area contributed by atoms with Crippen LogP contribution < -0.4 is 22.9 Å². The molecule has 0 unspecified atom stereocenters. The summed E-state index contributed by atoms with van der Waals surface area (Å²) in [5.41, 5.74) is 23.7. The van der Waals surface area contributed by atoms with Crippen LogP contribution in [-0.4, -0.2) is 0 Å². The lowest BCUT2D eigenvalue weighted by atomic mass is 10.2. The van der Waals surface area contributed by atoms with E-state index in [2.05, 4.69) is 6.58 Å². The Labute approximate surface area is 58.8 Å². The molecule has 4 nitrogen and oxygen atoms in total. The predicted octanol–water partition coefficient (Wildman–Crippen LogP) is -1.19. The molecule has 0 spiro atoms. The number of rotatable bonds is 0. The zero-order valence-corrected chi connectivity index (χ0v) is 5.52. The van der Waals surface area contributed by atoms with Crippen molar-refractivity contribution in [3.05, 3.63) is 34.9 Å². The molecule has 0 aromatic carbocycles. The van der Waals surface area contributed by atoms with Crippen molar-refractivity contribution in [3.8, 4) is 0 Å².